The molecule has 0 unspecified atom stereocenters. The normalized spacial score (nSPS) is 10.0. The molecule has 0 aliphatic rings. The second kappa shape index (κ2) is 5.93. The molecule has 6 heteroatoms. The van der Waals surface area contributed by atoms with Crippen LogP contribution in [0.5, 0.6) is 0 Å². The fourth-order valence-electron chi connectivity index (χ4n) is 1.25. The third kappa shape index (κ3) is 3.01. The number of rotatable bonds is 4. The van der Waals surface area contributed by atoms with Crippen molar-refractivity contribution >= 4 is 30.3 Å². The maximum atomic E-state index is 11.5. The summed E-state index contributed by atoms with van der Waals surface area (Å²) in [5.41, 5.74) is 0.802. The van der Waals surface area contributed by atoms with E-state index in [-0.39, 0.29) is 0 Å². The predicted octanol–water partition coefficient (Wildman–Crippen LogP) is 0.265. The van der Waals surface area contributed by atoms with Crippen molar-refractivity contribution in [3.63, 3.8) is 0 Å². The van der Waals surface area contributed by atoms with Crippen LogP contribution < -0.4 is 5.46 Å². The van der Waals surface area contributed by atoms with Crippen LogP contribution in [-0.4, -0.2) is 36.0 Å². The maximum Gasteiger partial charge on any atom is 0.488 e. The molecule has 0 amide bonds. The lowest BCUT2D eigenvalue weighted by Gasteiger charge is -2.08. The molecule has 0 fully saturated rings. The molecule has 1 aromatic rings. The molecule has 0 spiro atoms. The van der Waals surface area contributed by atoms with Crippen molar-refractivity contribution in [2.75, 3.05) is 12.9 Å². The van der Waals surface area contributed by atoms with Crippen LogP contribution in [0.25, 0.3) is 0 Å². The summed E-state index contributed by atoms with van der Waals surface area (Å²) in [6, 6.07) is 4.61. The van der Waals surface area contributed by atoms with Crippen LogP contribution in [-0.2, 0) is 4.74 Å². The third-order valence-corrected chi connectivity index (χ3v) is 2.80. The Morgan fingerprint density at radius 3 is 2.69 bits per heavy atom. The molecule has 0 atom stereocenters. The Morgan fingerprint density at radius 1 is 1.50 bits per heavy atom. The van der Waals surface area contributed by atoms with Crippen molar-refractivity contribution in [1.29, 1.82) is 0 Å². The zero-order chi connectivity index (χ0) is 12.1. The highest BCUT2D eigenvalue weighted by Crippen LogP contribution is 2.19. The van der Waals surface area contributed by atoms with E-state index in [2.05, 4.69) is 0 Å². The van der Waals surface area contributed by atoms with E-state index in [1.54, 1.807) is 19.1 Å². The summed E-state index contributed by atoms with van der Waals surface area (Å²) in [6.07, 6.45) is 1.81. The van der Waals surface area contributed by atoms with Crippen LogP contribution in [0, 0.1) is 0 Å². The van der Waals surface area contributed by atoms with Gasteiger partial charge in [0.15, 0.2) is 0 Å². The number of benzene rings is 1. The number of hydrogen-bond donors (Lipinski definition) is 2. The highest BCUT2D eigenvalue weighted by Gasteiger charge is 2.17. The molecule has 0 saturated heterocycles. The fourth-order valence-corrected chi connectivity index (χ4v) is 1.87. The molecule has 4 nitrogen and oxygen atoms in total. The number of thioether (sulfide) groups is 1. The molecule has 0 aromatic heterocycles. The van der Waals surface area contributed by atoms with Crippen molar-refractivity contribution in [3.05, 3.63) is 23.8 Å². The third-order valence-electron chi connectivity index (χ3n) is 2.02. The van der Waals surface area contributed by atoms with E-state index in [4.69, 9.17) is 14.8 Å². The summed E-state index contributed by atoms with van der Waals surface area (Å²) < 4.78 is 4.89. The standard InChI is InChI=1S/C10H13BO4S/c1-3-15-10(12)8-5-4-7(11(13)14)6-9(8)16-2/h4-6,13-14H,3H2,1-2H3. The van der Waals surface area contributed by atoms with Gasteiger partial charge >= 0.3 is 13.1 Å². The topological polar surface area (TPSA) is 66.8 Å². The average Bonchev–Trinajstić information content (AvgIpc) is 2.28. The number of carbonyl (C=O) groups is 1. The van der Waals surface area contributed by atoms with Gasteiger partial charge in [0.25, 0.3) is 0 Å². The second-order valence-corrected chi connectivity index (χ2v) is 3.90. The van der Waals surface area contributed by atoms with Crippen LogP contribution in [0.1, 0.15) is 17.3 Å². The molecular weight excluding hydrogens is 227 g/mol. The number of hydrogen-bond acceptors (Lipinski definition) is 5. The smallest absolute Gasteiger partial charge is 0.462 e. The minimum atomic E-state index is -1.53. The highest BCUT2D eigenvalue weighted by molar-refractivity contribution is 7.98. The summed E-state index contributed by atoms with van der Waals surface area (Å²) in [5.74, 6) is -0.397. The van der Waals surface area contributed by atoms with Crippen molar-refractivity contribution in [2.24, 2.45) is 0 Å². The van der Waals surface area contributed by atoms with E-state index in [1.165, 1.54) is 17.8 Å². The molecular formula is C10H13BO4S. The molecule has 1 rings (SSSR count). The first-order valence-electron chi connectivity index (χ1n) is 4.81. The van der Waals surface area contributed by atoms with Gasteiger partial charge in [-0.05, 0) is 30.8 Å². The van der Waals surface area contributed by atoms with Crippen LogP contribution in [0.3, 0.4) is 0 Å². The summed E-state index contributed by atoms with van der Waals surface area (Å²) in [7, 11) is -1.53. The highest BCUT2D eigenvalue weighted by atomic mass is 32.2. The van der Waals surface area contributed by atoms with Crippen LogP contribution >= 0.6 is 11.8 Å². The first kappa shape index (κ1) is 13.1. The van der Waals surface area contributed by atoms with Gasteiger partial charge in [-0.3, -0.25) is 0 Å². The Bertz CT molecular complexity index is 381. The second-order valence-electron chi connectivity index (χ2n) is 3.05. The fraction of sp³-hybridized carbons (Fsp3) is 0.300. The van der Waals surface area contributed by atoms with Gasteiger partial charge in [0.05, 0.1) is 12.2 Å². The summed E-state index contributed by atoms with van der Waals surface area (Å²) in [6.45, 7) is 2.06. The molecule has 0 aliphatic heterocycles. The Hall–Kier alpha value is -0.975. The largest absolute Gasteiger partial charge is 0.488 e. The SMILES string of the molecule is CCOC(=O)c1ccc(B(O)O)cc1SC. The lowest BCUT2D eigenvalue weighted by Crippen LogP contribution is -2.30. The molecule has 1 aromatic carbocycles. The van der Waals surface area contributed by atoms with E-state index in [1.807, 2.05) is 6.26 Å². The Balaban J connectivity index is 3.06. The summed E-state index contributed by atoms with van der Waals surface area (Å²) in [5, 5.41) is 18.0. The zero-order valence-electron chi connectivity index (χ0n) is 9.14. The van der Waals surface area contributed by atoms with E-state index in [0.29, 0.717) is 22.5 Å². The van der Waals surface area contributed by atoms with E-state index in [9.17, 15) is 4.79 Å². The van der Waals surface area contributed by atoms with E-state index < -0.39 is 13.1 Å². The monoisotopic (exact) mass is 240 g/mol. The molecule has 86 valence electrons. The van der Waals surface area contributed by atoms with Gasteiger partial charge in [-0.2, -0.15) is 0 Å². The van der Waals surface area contributed by atoms with Gasteiger partial charge in [0, 0.05) is 4.90 Å². The van der Waals surface area contributed by atoms with Gasteiger partial charge in [0.2, 0.25) is 0 Å². The molecule has 0 heterocycles. The number of carbonyl (C=O) groups excluding carboxylic acids is 1. The molecule has 16 heavy (non-hydrogen) atoms. The van der Waals surface area contributed by atoms with Gasteiger partial charge in [-0.25, -0.2) is 4.79 Å². The van der Waals surface area contributed by atoms with Crippen molar-refractivity contribution in [2.45, 2.75) is 11.8 Å². The average molecular weight is 240 g/mol. The molecule has 0 bridgehead atoms. The molecule has 0 radical (unpaired) electrons. The lowest BCUT2D eigenvalue weighted by atomic mass is 9.80. The zero-order valence-corrected chi connectivity index (χ0v) is 9.95. The Labute approximate surface area is 98.8 Å². The molecule has 2 N–H and O–H groups in total. The van der Waals surface area contributed by atoms with Crippen LogP contribution in [0.15, 0.2) is 23.1 Å². The number of esters is 1. The molecule has 0 aliphatic carbocycles. The first-order valence-corrected chi connectivity index (χ1v) is 6.03. The van der Waals surface area contributed by atoms with Crippen LogP contribution in [0.4, 0.5) is 0 Å². The van der Waals surface area contributed by atoms with Crippen LogP contribution in [0.2, 0.25) is 0 Å². The minimum Gasteiger partial charge on any atom is -0.462 e. The lowest BCUT2D eigenvalue weighted by molar-refractivity contribution is 0.0522. The van der Waals surface area contributed by atoms with Crippen molar-refractivity contribution < 1.29 is 19.6 Å². The first-order chi connectivity index (χ1) is 7.60. The summed E-state index contributed by atoms with van der Waals surface area (Å²) >= 11 is 1.36. The summed E-state index contributed by atoms with van der Waals surface area (Å²) in [4.78, 5) is 12.2. The quantitative estimate of drug-likeness (QED) is 0.449. The molecule has 0 saturated carbocycles. The van der Waals surface area contributed by atoms with E-state index >= 15 is 0 Å². The van der Waals surface area contributed by atoms with E-state index in [0.717, 1.165) is 0 Å². The van der Waals surface area contributed by atoms with Crippen molar-refractivity contribution in [3.8, 4) is 0 Å². The van der Waals surface area contributed by atoms with Crippen molar-refractivity contribution in [1.82, 2.24) is 0 Å². The Kier molecular flexibility index (Phi) is 4.85. The van der Waals surface area contributed by atoms with Gasteiger partial charge < -0.3 is 14.8 Å². The van der Waals surface area contributed by atoms with Gasteiger partial charge in [0.1, 0.15) is 0 Å². The Morgan fingerprint density at radius 2 is 2.19 bits per heavy atom. The van der Waals surface area contributed by atoms with Gasteiger partial charge in [-0.1, -0.05) is 6.07 Å². The van der Waals surface area contributed by atoms with Gasteiger partial charge in [-0.15, -0.1) is 11.8 Å². The maximum absolute atomic E-state index is 11.5. The minimum absolute atomic E-state index is 0.316. The predicted molar refractivity (Wildman–Crippen MR) is 64.0 cm³/mol. The number of ether oxygens (including phenoxy) is 1.